The largest absolute Gasteiger partial charge is 0.313 e. The normalized spacial score (nSPS) is 25.2. The maximum atomic E-state index is 12.2. The Bertz CT molecular complexity index is 323. The second kappa shape index (κ2) is 7.49. The highest BCUT2D eigenvalue weighted by Gasteiger charge is 2.35. The molecule has 1 aliphatic rings. The molecule has 18 heavy (non-hydrogen) atoms. The Hall–Kier alpha value is -0.0900. The van der Waals surface area contributed by atoms with Crippen molar-refractivity contribution in [1.82, 2.24) is 5.32 Å². The zero-order valence-corrected chi connectivity index (χ0v) is 12.9. The van der Waals surface area contributed by atoms with Gasteiger partial charge in [-0.05, 0) is 31.7 Å². The first kappa shape index (κ1) is 16.0. The van der Waals surface area contributed by atoms with Gasteiger partial charge in [-0.25, -0.2) is 8.42 Å². The Labute approximate surface area is 113 Å². The van der Waals surface area contributed by atoms with E-state index < -0.39 is 9.84 Å². The van der Waals surface area contributed by atoms with Crippen LogP contribution in [0.5, 0.6) is 0 Å². The quantitative estimate of drug-likeness (QED) is 0.777. The Morgan fingerprint density at radius 2 is 1.83 bits per heavy atom. The van der Waals surface area contributed by atoms with Crippen LogP contribution < -0.4 is 5.32 Å². The molecule has 0 saturated carbocycles. The highest BCUT2D eigenvalue weighted by Crippen LogP contribution is 2.27. The van der Waals surface area contributed by atoms with E-state index in [4.69, 9.17) is 0 Å². The lowest BCUT2D eigenvalue weighted by molar-refractivity contribution is 0.343. The summed E-state index contributed by atoms with van der Waals surface area (Å²) in [6.45, 7) is 7.32. The first-order valence-electron chi connectivity index (χ1n) is 7.50. The summed E-state index contributed by atoms with van der Waals surface area (Å²) in [4.78, 5) is 0. The molecular formula is C14H29NO2S. The molecule has 0 amide bonds. The van der Waals surface area contributed by atoms with Crippen molar-refractivity contribution in [2.24, 2.45) is 5.92 Å². The maximum absolute atomic E-state index is 12.2. The second-order valence-electron chi connectivity index (χ2n) is 5.48. The zero-order valence-electron chi connectivity index (χ0n) is 12.1. The second-order valence-corrected chi connectivity index (χ2v) is 7.82. The fraction of sp³-hybridized carbons (Fsp3) is 1.00. The molecule has 0 aromatic rings. The number of sulfone groups is 1. The SMILES string of the molecule is CCNC(CC(CC)CC)C1CCCCS1(=O)=O. The molecule has 1 rings (SSSR count). The summed E-state index contributed by atoms with van der Waals surface area (Å²) in [6.07, 6.45) is 6.05. The molecule has 0 aromatic heterocycles. The lowest BCUT2D eigenvalue weighted by Crippen LogP contribution is -2.47. The van der Waals surface area contributed by atoms with Gasteiger partial charge < -0.3 is 5.32 Å². The smallest absolute Gasteiger partial charge is 0.154 e. The van der Waals surface area contributed by atoms with Crippen LogP contribution in [-0.4, -0.2) is 32.0 Å². The van der Waals surface area contributed by atoms with Gasteiger partial charge >= 0.3 is 0 Å². The van der Waals surface area contributed by atoms with Crippen LogP contribution >= 0.6 is 0 Å². The van der Waals surface area contributed by atoms with Gasteiger partial charge in [-0.3, -0.25) is 0 Å². The molecule has 1 aliphatic heterocycles. The van der Waals surface area contributed by atoms with Gasteiger partial charge in [0.2, 0.25) is 0 Å². The minimum atomic E-state index is -2.87. The van der Waals surface area contributed by atoms with E-state index in [1.54, 1.807) is 0 Å². The number of nitrogens with one attached hydrogen (secondary N) is 1. The molecule has 0 aromatic carbocycles. The van der Waals surface area contributed by atoms with E-state index >= 15 is 0 Å². The lowest BCUT2D eigenvalue weighted by atomic mass is 9.91. The highest BCUT2D eigenvalue weighted by molar-refractivity contribution is 7.92. The van der Waals surface area contributed by atoms with Crippen LogP contribution in [0.2, 0.25) is 0 Å². The van der Waals surface area contributed by atoms with Gasteiger partial charge in [-0.1, -0.05) is 40.0 Å². The average Bonchev–Trinajstić information content (AvgIpc) is 2.34. The summed E-state index contributed by atoms with van der Waals surface area (Å²) in [5.74, 6) is 1.04. The summed E-state index contributed by atoms with van der Waals surface area (Å²) < 4.78 is 24.4. The molecule has 2 unspecified atom stereocenters. The van der Waals surface area contributed by atoms with Crippen LogP contribution in [0.4, 0.5) is 0 Å². The predicted molar refractivity (Wildman–Crippen MR) is 77.6 cm³/mol. The van der Waals surface area contributed by atoms with Gasteiger partial charge in [0.25, 0.3) is 0 Å². The van der Waals surface area contributed by atoms with Gasteiger partial charge in [0.1, 0.15) is 0 Å². The molecule has 0 aliphatic carbocycles. The van der Waals surface area contributed by atoms with Crippen molar-refractivity contribution >= 4 is 9.84 Å². The minimum Gasteiger partial charge on any atom is -0.313 e. The molecule has 1 saturated heterocycles. The van der Waals surface area contributed by atoms with Crippen LogP contribution in [0.1, 0.15) is 59.3 Å². The van der Waals surface area contributed by atoms with Gasteiger partial charge in [0.05, 0.1) is 11.0 Å². The van der Waals surface area contributed by atoms with E-state index in [1.165, 1.54) is 0 Å². The number of hydrogen-bond acceptors (Lipinski definition) is 3. The van der Waals surface area contributed by atoms with Gasteiger partial charge in [-0.2, -0.15) is 0 Å². The highest BCUT2D eigenvalue weighted by atomic mass is 32.2. The van der Waals surface area contributed by atoms with Crippen molar-refractivity contribution in [3.8, 4) is 0 Å². The predicted octanol–water partition coefficient (Wildman–Crippen LogP) is 2.76. The first-order chi connectivity index (χ1) is 8.55. The summed E-state index contributed by atoms with van der Waals surface area (Å²) in [5.41, 5.74) is 0. The molecule has 108 valence electrons. The van der Waals surface area contributed by atoms with E-state index in [0.717, 1.165) is 45.1 Å². The van der Waals surface area contributed by atoms with E-state index in [-0.39, 0.29) is 11.3 Å². The summed E-state index contributed by atoms with van der Waals surface area (Å²) in [7, 11) is -2.87. The molecule has 0 bridgehead atoms. The number of rotatable bonds is 7. The molecule has 0 spiro atoms. The Morgan fingerprint density at radius 1 is 1.17 bits per heavy atom. The van der Waals surface area contributed by atoms with Crippen molar-refractivity contribution in [1.29, 1.82) is 0 Å². The van der Waals surface area contributed by atoms with E-state index in [2.05, 4.69) is 26.1 Å². The van der Waals surface area contributed by atoms with Crippen molar-refractivity contribution in [2.45, 2.75) is 70.6 Å². The Kier molecular flexibility index (Phi) is 6.64. The molecular weight excluding hydrogens is 246 g/mol. The van der Waals surface area contributed by atoms with Gasteiger partial charge in [0.15, 0.2) is 9.84 Å². The standard InChI is InChI=1S/C14H29NO2S/c1-4-12(5-2)11-13(15-6-3)14-9-7-8-10-18(14,16)17/h12-15H,4-11H2,1-3H3. The monoisotopic (exact) mass is 275 g/mol. The van der Waals surface area contributed by atoms with Crippen molar-refractivity contribution in [3.05, 3.63) is 0 Å². The molecule has 1 heterocycles. The van der Waals surface area contributed by atoms with E-state index in [0.29, 0.717) is 11.7 Å². The third kappa shape index (κ3) is 4.23. The van der Waals surface area contributed by atoms with E-state index in [9.17, 15) is 8.42 Å². The van der Waals surface area contributed by atoms with Crippen molar-refractivity contribution in [2.75, 3.05) is 12.3 Å². The van der Waals surface area contributed by atoms with E-state index in [1.807, 2.05) is 0 Å². The first-order valence-corrected chi connectivity index (χ1v) is 9.21. The van der Waals surface area contributed by atoms with Crippen molar-refractivity contribution in [3.63, 3.8) is 0 Å². The third-order valence-corrected chi connectivity index (χ3v) is 6.63. The lowest BCUT2D eigenvalue weighted by Gasteiger charge is -2.32. The Balaban J connectivity index is 2.76. The Morgan fingerprint density at radius 3 is 2.33 bits per heavy atom. The zero-order chi connectivity index (χ0) is 13.6. The molecule has 1 N–H and O–H groups in total. The van der Waals surface area contributed by atoms with Crippen LogP contribution in [-0.2, 0) is 9.84 Å². The fourth-order valence-electron chi connectivity index (χ4n) is 3.04. The topological polar surface area (TPSA) is 46.2 Å². The molecule has 4 heteroatoms. The van der Waals surface area contributed by atoms with Crippen LogP contribution in [0.25, 0.3) is 0 Å². The maximum Gasteiger partial charge on any atom is 0.154 e. The summed E-state index contributed by atoms with van der Waals surface area (Å²) in [5, 5.41) is 3.28. The molecule has 2 atom stereocenters. The minimum absolute atomic E-state index is 0.146. The molecule has 1 fully saturated rings. The average molecular weight is 275 g/mol. The van der Waals surface area contributed by atoms with Crippen LogP contribution in [0.3, 0.4) is 0 Å². The molecule has 3 nitrogen and oxygen atoms in total. The summed E-state index contributed by atoms with van der Waals surface area (Å²) >= 11 is 0. The fourth-order valence-corrected chi connectivity index (χ4v) is 5.18. The van der Waals surface area contributed by atoms with Crippen molar-refractivity contribution < 1.29 is 8.42 Å². The summed E-state index contributed by atoms with van der Waals surface area (Å²) in [6, 6.07) is 0.158. The number of hydrogen-bond donors (Lipinski definition) is 1. The third-order valence-electron chi connectivity index (χ3n) is 4.29. The van der Waals surface area contributed by atoms with Gasteiger partial charge in [0, 0.05) is 6.04 Å². The van der Waals surface area contributed by atoms with Crippen LogP contribution in [0, 0.1) is 5.92 Å². The molecule has 0 radical (unpaired) electrons. The van der Waals surface area contributed by atoms with Crippen LogP contribution in [0.15, 0.2) is 0 Å². The van der Waals surface area contributed by atoms with Gasteiger partial charge in [-0.15, -0.1) is 0 Å².